The van der Waals surface area contributed by atoms with Crippen molar-refractivity contribution in [2.75, 3.05) is 44.9 Å². The SMILES string of the molecule is CC(C)C[C@H](NC(=O)[C@@H](O)[C@H](N)Cc1ccccc1)C(=O)NCCOCCOCCOc1ccc(NC(=O)c2ccn3c(n2)nc2ccccc23)cn1. The first-order valence-corrected chi connectivity index (χ1v) is 17.5. The maximum Gasteiger partial charge on any atom is 0.274 e. The van der Waals surface area contributed by atoms with Crippen molar-refractivity contribution in [1.29, 1.82) is 0 Å². The monoisotopic (exact) mass is 726 g/mol. The van der Waals surface area contributed by atoms with Crippen LogP contribution in [0.4, 0.5) is 5.69 Å². The molecule has 0 unspecified atom stereocenters. The lowest BCUT2D eigenvalue weighted by molar-refractivity contribution is -0.135. The largest absolute Gasteiger partial charge is 0.475 e. The molecule has 3 aromatic heterocycles. The summed E-state index contributed by atoms with van der Waals surface area (Å²) in [6, 6.07) is 20.3. The van der Waals surface area contributed by atoms with Gasteiger partial charge in [-0.05, 0) is 48.6 Å². The second kappa shape index (κ2) is 19.4. The van der Waals surface area contributed by atoms with Gasteiger partial charge in [0.05, 0.1) is 49.3 Å². The Kier molecular flexibility index (Phi) is 14.2. The van der Waals surface area contributed by atoms with Gasteiger partial charge in [-0.2, -0.15) is 0 Å². The summed E-state index contributed by atoms with van der Waals surface area (Å²) in [5, 5.41) is 18.7. The fourth-order valence-electron chi connectivity index (χ4n) is 5.46. The van der Waals surface area contributed by atoms with Crippen LogP contribution in [-0.4, -0.2) is 99.9 Å². The van der Waals surface area contributed by atoms with Gasteiger partial charge in [0.25, 0.3) is 11.8 Å². The van der Waals surface area contributed by atoms with Crippen molar-refractivity contribution < 1.29 is 33.7 Å². The number of aromatic nitrogens is 4. The number of benzene rings is 2. The number of carbonyl (C=O) groups excluding carboxylic acids is 3. The Morgan fingerprint density at radius 1 is 0.868 bits per heavy atom. The first-order valence-electron chi connectivity index (χ1n) is 17.5. The van der Waals surface area contributed by atoms with E-state index in [1.807, 2.05) is 72.8 Å². The number of rotatable bonds is 20. The summed E-state index contributed by atoms with van der Waals surface area (Å²) in [5.74, 6) is -0.503. The summed E-state index contributed by atoms with van der Waals surface area (Å²) in [6.45, 7) is 5.54. The number of hydrogen-bond acceptors (Lipinski definition) is 11. The Bertz CT molecular complexity index is 1940. The molecule has 2 aromatic carbocycles. The van der Waals surface area contributed by atoms with Gasteiger partial charge < -0.3 is 41.0 Å². The van der Waals surface area contributed by atoms with E-state index in [0.717, 1.165) is 16.6 Å². The number of imidazole rings is 1. The summed E-state index contributed by atoms with van der Waals surface area (Å²) < 4.78 is 18.5. The highest BCUT2D eigenvalue weighted by molar-refractivity contribution is 6.03. The number of hydrogen-bond donors (Lipinski definition) is 5. The van der Waals surface area contributed by atoms with Gasteiger partial charge in [0, 0.05) is 24.8 Å². The number of anilines is 1. The van der Waals surface area contributed by atoms with Gasteiger partial charge >= 0.3 is 0 Å². The fourth-order valence-corrected chi connectivity index (χ4v) is 5.46. The number of amides is 3. The van der Waals surface area contributed by atoms with Gasteiger partial charge in [0.2, 0.25) is 17.6 Å². The van der Waals surface area contributed by atoms with Gasteiger partial charge in [-0.3, -0.25) is 18.8 Å². The third-order valence-corrected chi connectivity index (χ3v) is 8.13. The number of fused-ring (bicyclic) bond motifs is 3. The average Bonchev–Trinajstić information content (AvgIpc) is 3.53. The number of aliphatic hydroxyl groups is 1. The second-order valence-electron chi connectivity index (χ2n) is 12.8. The van der Waals surface area contributed by atoms with Crippen LogP contribution >= 0.6 is 0 Å². The summed E-state index contributed by atoms with van der Waals surface area (Å²) >= 11 is 0. The topological polar surface area (TPSA) is 204 Å². The van der Waals surface area contributed by atoms with Crippen LogP contribution in [0, 0.1) is 5.92 Å². The van der Waals surface area contributed by atoms with Crippen LogP contribution in [0.1, 0.15) is 36.3 Å². The quantitative estimate of drug-likeness (QED) is 0.0738. The summed E-state index contributed by atoms with van der Waals surface area (Å²) in [6.07, 6.45) is 2.52. The van der Waals surface area contributed by atoms with Crippen LogP contribution in [-0.2, 0) is 25.5 Å². The minimum absolute atomic E-state index is 0.122. The van der Waals surface area contributed by atoms with E-state index in [1.54, 1.807) is 24.4 Å². The van der Waals surface area contributed by atoms with Crippen molar-refractivity contribution in [1.82, 2.24) is 30.0 Å². The van der Waals surface area contributed by atoms with Crippen molar-refractivity contribution in [3.63, 3.8) is 0 Å². The number of pyridine rings is 1. The lowest BCUT2D eigenvalue weighted by Gasteiger charge is -2.24. The third kappa shape index (κ3) is 11.5. The number of nitrogens with one attached hydrogen (secondary N) is 3. The predicted molar refractivity (Wildman–Crippen MR) is 198 cm³/mol. The zero-order valence-electron chi connectivity index (χ0n) is 29.8. The number of nitrogens with two attached hydrogens (primary N) is 1. The van der Waals surface area contributed by atoms with E-state index in [0.29, 0.717) is 50.0 Å². The number of nitrogens with zero attached hydrogens (tertiary/aromatic N) is 4. The van der Waals surface area contributed by atoms with Crippen LogP contribution in [0.15, 0.2) is 85.2 Å². The minimum atomic E-state index is -1.46. The number of aliphatic hydroxyl groups excluding tert-OH is 1. The first-order chi connectivity index (χ1) is 25.7. The highest BCUT2D eigenvalue weighted by Crippen LogP contribution is 2.17. The molecule has 0 bridgehead atoms. The molecule has 0 saturated heterocycles. The van der Waals surface area contributed by atoms with E-state index in [4.69, 9.17) is 19.9 Å². The highest BCUT2D eigenvalue weighted by atomic mass is 16.5. The minimum Gasteiger partial charge on any atom is -0.475 e. The zero-order chi connectivity index (χ0) is 37.6. The molecular formula is C38H46N8O7. The second-order valence-corrected chi connectivity index (χ2v) is 12.8. The standard InChI is InChI=1S/C38H46N8O7/c1-25(2)22-31(43-37(50)34(47)28(39)23-26-8-4-3-5-9-26)35(48)40-15-17-51-18-19-52-20-21-53-33-13-12-27(24-41-33)42-36(49)30-14-16-46-32-11-7-6-10-29(32)44-38(46)45-30/h3-14,16,24-25,28,31,34,47H,15,17-23,39H2,1-2H3,(H,40,48)(H,42,49)(H,43,50)/t28-,31+,34+/m1/s1. The summed E-state index contributed by atoms with van der Waals surface area (Å²) in [7, 11) is 0. The van der Waals surface area contributed by atoms with Gasteiger partial charge in [-0.25, -0.2) is 15.0 Å². The van der Waals surface area contributed by atoms with Gasteiger partial charge in [-0.15, -0.1) is 0 Å². The molecule has 0 aliphatic rings. The molecule has 5 aromatic rings. The van der Waals surface area contributed by atoms with E-state index < -0.39 is 24.1 Å². The van der Waals surface area contributed by atoms with E-state index >= 15 is 0 Å². The molecule has 0 aliphatic carbocycles. The van der Waals surface area contributed by atoms with Crippen molar-refractivity contribution in [2.24, 2.45) is 11.7 Å². The molecule has 3 amide bonds. The third-order valence-electron chi connectivity index (χ3n) is 8.13. The first kappa shape index (κ1) is 38.7. The van der Waals surface area contributed by atoms with Crippen molar-refractivity contribution in [3.8, 4) is 5.88 Å². The van der Waals surface area contributed by atoms with Crippen molar-refractivity contribution in [3.05, 3.63) is 96.4 Å². The Morgan fingerprint density at radius 2 is 1.60 bits per heavy atom. The molecule has 3 atom stereocenters. The lowest BCUT2D eigenvalue weighted by Crippen LogP contribution is -2.54. The number of carbonyl (C=O) groups is 3. The van der Waals surface area contributed by atoms with Crippen LogP contribution in [0.5, 0.6) is 5.88 Å². The van der Waals surface area contributed by atoms with E-state index in [9.17, 15) is 19.5 Å². The maximum atomic E-state index is 12.8. The molecule has 0 saturated carbocycles. The Hall–Kier alpha value is -5.48. The molecule has 0 radical (unpaired) electrons. The molecular weight excluding hydrogens is 680 g/mol. The molecule has 280 valence electrons. The molecule has 0 fully saturated rings. The highest BCUT2D eigenvalue weighted by Gasteiger charge is 2.28. The average molecular weight is 727 g/mol. The molecule has 15 nitrogen and oxygen atoms in total. The van der Waals surface area contributed by atoms with E-state index in [2.05, 4.69) is 30.9 Å². The van der Waals surface area contributed by atoms with Gasteiger partial charge in [0.15, 0.2) is 0 Å². The molecule has 0 aliphatic heterocycles. The molecule has 0 spiro atoms. The predicted octanol–water partition coefficient (Wildman–Crippen LogP) is 2.52. The Labute approximate surface area is 307 Å². The van der Waals surface area contributed by atoms with Crippen LogP contribution in [0.25, 0.3) is 16.8 Å². The van der Waals surface area contributed by atoms with Crippen molar-refractivity contribution >= 4 is 40.2 Å². The fraction of sp³-hybridized carbons (Fsp3) is 0.368. The van der Waals surface area contributed by atoms with Crippen LogP contribution in [0.3, 0.4) is 0 Å². The van der Waals surface area contributed by atoms with Gasteiger partial charge in [-0.1, -0.05) is 56.3 Å². The lowest BCUT2D eigenvalue weighted by atomic mass is 10.00. The Balaban J connectivity index is 0.926. The van der Waals surface area contributed by atoms with E-state index in [-0.39, 0.29) is 43.2 Å². The smallest absolute Gasteiger partial charge is 0.274 e. The molecule has 15 heteroatoms. The zero-order valence-corrected chi connectivity index (χ0v) is 29.8. The normalized spacial score (nSPS) is 13.1. The molecule has 53 heavy (non-hydrogen) atoms. The number of ether oxygens (including phenoxy) is 3. The van der Waals surface area contributed by atoms with Crippen molar-refractivity contribution in [2.45, 2.75) is 44.9 Å². The summed E-state index contributed by atoms with van der Waals surface area (Å²) in [4.78, 5) is 51.5. The molecule has 6 N–H and O–H groups in total. The molecule has 3 heterocycles. The van der Waals surface area contributed by atoms with E-state index in [1.165, 1.54) is 6.20 Å². The Morgan fingerprint density at radius 3 is 2.36 bits per heavy atom. The molecule has 5 rings (SSSR count). The van der Waals surface area contributed by atoms with Crippen LogP contribution in [0.2, 0.25) is 0 Å². The van der Waals surface area contributed by atoms with Gasteiger partial charge in [0.1, 0.15) is 24.4 Å². The maximum absolute atomic E-state index is 12.8. The summed E-state index contributed by atoms with van der Waals surface area (Å²) in [5.41, 5.74) is 9.41. The number of para-hydroxylation sites is 2. The van der Waals surface area contributed by atoms with Crippen LogP contribution < -0.4 is 26.4 Å².